The lowest BCUT2D eigenvalue weighted by molar-refractivity contribution is 0.0683. The molecule has 1 saturated heterocycles. The Balaban J connectivity index is 1.33. The first-order valence-electron chi connectivity index (χ1n) is 11.3. The average Bonchev–Trinajstić information content (AvgIpc) is 3.48. The number of carboxylic acid groups (broad SMARTS) is 1. The van der Waals surface area contributed by atoms with Gasteiger partial charge in [0, 0.05) is 43.8 Å². The molecule has 2 aliphatic rings. The quantitative estimate of drug-likeness (QED) is 0.550. The van der Waals surface area contributed by atoms with Crippen LogP contribution in [0.15, 0.2) is 30.6 Å². The van der Waals surface area contributed by atoms with E-state index in [4.69, 9.17) is 5.26 Å². The van der Waals surface area contributed by atoms with Crippen LogP contribution < -0.4 is 10.2 Å². The van der Waals surface area contributed by atoms with E-state index in [9.17, 15) is 9.90 Å². The van der Waals surface area contributed by atoms with Crippen LogP contribution in [0.4, 0.5) is 17.5 Å². The number of aromatic carboxylic acids is 1. The molecule has 1 aliphatic heterocycles. The largest absolute Gasteiger partial charge is 0.477 e. The van der Waals surface area contributed by atoms with Gasteiger partial charge < -0.3 is 19.9 Å². The van der Waals surface area contributed by atoms with E-state index < -0.39 is 5.97 Å². The lowest BCUT2D eigenvalue weighted by Gasteiger charge is -2.34. The fraction of sp³-hybridized carbons (Fsp3) is 0.435. The van der Waals surface area contributed by atoms with Gasteiger partial charge in [-0.3, -0.25) is 4.90 Å². The highest BCUT2D eigenvalue weighted by Crippen LogP contribution is 2.34. The summed E-state index contributed by atoms with van der Waals surface area (Å²) < 4.78 is 1.86. The van der Waals surface area contributed by atoms with E-state index in [0.717, 1.165) is 62.9 Å². The van der Waals surface area contributed by atoms with Gasteiger partial charge in [-0.2, -0.15) is 10.2 Å². The maximum Gasteiger partial charge on any atom is 0.352 e. The summed E-state index contributed by atoms with van der Waals surface area (Å²) in [7, 11) is 0. The normalized spacial score (nSPS) is 17.4. The molecule has 0 aromatic carbocycles. The van der Waals surface area contributed by atoms with Gasteiger partial charge in [0.15, 0.2) is 0 Å². The van der Waals surface area contributed by atoms with Crippen LogP contribution in [0, 0.1) is 11.3 Å². The number of nitrogens with one attached hydrogen (secondary N) is 1. The minimum Gasteiger partial charge on any atom is -0.477 e. The highest BCUT2D eigenvalue weighted by molar-refractivity contribution is 5.93. The molecule has 3 aromatic heterocycles. The third kappa shape index (κ3) is 4.32. The topological polar surface area (TPSA) is 123 Å². The third-order valence-corrected chi connectivity index (χ3v) is 6.50. The maximum atomic E-state index is 11.8. The van der Waals surface area contributed by atoms with Gasteiger partial charge in [-0.1, -0.05) is 12.8 Å². The number of piperazine rings is 1. The molecule has 2 fully saturated rings. The van der Waals surface area contributed by atoms with Crippen molar-refractivity contribution in [3.05, 3.63) is 36.3 Å². The Kier molecular flexibility index (Phi) is 5.79. The van der Waals surface area contributed by atoms with E-state index in [1.807, 2.05) is 22.9 Å². The van der Waals surface area contributed by atoms with Crippen LogP contribution in [0.25, 0.3) is 11.0 Å². The third-order valence-electron chi connectivity index (χ3n) is 6.50. The van der Waals surface area contributed by atoms with E-state index in [1.165, 1.54) is 0 Å². The van der Waals surface area contributed by atoms with Gasteiger partial charge in [0.05, 0.1) is 24.5 Å². The first-order valence-corrected chi connectivity index (χ1v) is 11.3. The number of anilines is 3. The zero-order valence-electron chi connectivity index (χ0n) is 18.3. The molecule has 1 aliphatic carbocycles. The number of rotatable bonds is 6. The molecular weight excluding hydrogens is 420 g/mol. The summed E-state index contributed by atoms with van der Waals surface area (Å²) in [5, 5.41) is 22.4. The summed E-state index contributed by atoms with van der Waals surface area (Å²) in [5.41, 5.74) is 1.94. The number of carboxylic acids is 1. The molecule has 0 atom stereocenters. The molecular formula is C23H26N8O2. The second-order valence-electron chi connectivity index (χ2n) is 8.56. The molecule has 0 bridgehead atoms. The van der Waals surface area contributed by atoms with Gasteiger partial charge in [-0.15, -0.1) is 0 Å². The Morgan fingerprint density at radius 2 is 1.94 bits per heavy atom. The monoisotopic (exact) mass is 446 g/mol. The van der Waals surface area contributed by atoms with Crippen LogP contribution in [0.3, 0.4) is 0 Å². The summed E-state index contributed by atoms with van der Waals surface area (Å²) in [5.74, 6) is 0.0703. The van der Waals surface area contributed by atoms with E-state index in [0.29, 0.717) is 24.0 Å². The van der Waals surface area contributed by atoms with Gasteiger partial charge >= 0.3 is 5.97 Å². The summed E-state index contributed by atoms with van der Waals surface area (Å²) in [6.07, 6.45) is 7.61. The zero-order valence-corrected chi connectivity index (χ0v) is 18.3. The molecule has 33 heavy (non-hydrogen) atoms. The van der Waals surface area contributed by atoms with E-state index >= 15 is 0 Å². The van der Waals surface area contributed by atoms with Gasteiger partial charge in [0.25, 0.3) is 0 Å². The molecule has 5 rings (SSSR count). The Labute approximate surface area is 191 Å². The molecule has 170 valence electrons. The number of hydrogen-bond donors (Lipinski definition) is 2. The zero-order chi connectivity index (χ0) is 22.8. The standard InChI is InChI=1S/C23H26N8O2/c24-7-8-29-9-11-30(12-10-29)18-5-6-20(25-15-18)27-23-26-14-16-13-19(22(32)33)31(21(16)28-23)17-3-1-2-4-17/h5-6,13-15,17H,1-4,8-12H2,(H,32,33)(H,25,26,27,28). The smallest absolute Gasteiger partial charge is 0.352 e. The highest BCUT2D eigenvalue weighted by Gasteiger charge is 2.25. The molecule has 0 unspecified atom stereocenters. The van der Waals surface area contributed by atoms with Crippen LogP contribution in [0.5, 0.6) is 0 Å². The van der Waals surface area contributed by atoms with Crippen molar-refractivity contribution in [2.75, 3.05) is 42.9 Å². The molecule has 0 spiro atoms. The minimum absolute atomic E-state index is 0.155. The predicted octanol–water partition coefficient (Wildman–Crippen LogP) is 3.03. The summed E-state index contributed by atoms with van der Waals surface area (Å²) in [4.78, 5) is 29.8. The number of pyridine rings is 1. The van der Waals surface area contributed by atoms with Crippen molar-refractivity contribution < 1.29 is 9.90 Å². The molecule has 0 radical (unpaired) electrons. The summed E-state index contributed by atoms with van der Waals surface area (Å²) in [6.45, 7) is 3.91. The number of aromatic nitrogens is 4. The minimum atomic E-state index is -0.944. The van der Waals surface area contributed by atoms with E-state index in [1.54, 1.807) is 12.3 Å². The van der Waals surface area contributed by atoms with Crippen LogP contribution >= 0.6 is 0 Å². The molecule has 4 heterocycles. The molecule has 0 amide bonds. The fourth-order valence-corrected chi connectivity index (χ4v) is 4.79. The molecule has 1 saturated carbocycles. The first-order chi connectivity index (χ1) is 16.1. The molecule has 10 nitrogen and oxygen atoms in total. The van der Waals surface area contributed by atoms with E-state index in [-0.39, 0.29) is 11.7 Å². The summed E-state index contributed by atoms with van der Waals surface area (Å²) in [6, 6.07) is 7.92. The van der Waals surface area contributed by atoms with Crippen LogP contribution in [0.1, 0.15) is 42.2 Å². The van der Waals surface area contributed by atoms with Crippen molar-refractivity contribution in [3.8, 4) is 6.07 Å². The molecule has 3 aromatic rings. The number of hydrogen-bond acceptors (Lipinski definition) is 8. The number of nitrogens with zero attached hydrogens (tertiary/aromatic N) is 7. The summed E-state index contributed by atoms with van der Waals surface area (Å²) >= 11 is 0. The lowest BCUT2D eigenvalue weighted by Crippen LogP contribution is -2.46. The van der Waals surface area contributed by atoms with Gasteiger partial charge in [-0.25, -0.2) is 14.8 Å². The Morgan fingerprint density at radius 3 is 2.61 bits per heavy atom. The highest BCUT2D eigenvalue weighted by atomic mass is 16.4. The van der Waals surface area contributed by atoms with Crippen molar-refractivity contribution in [3.63, 3.8) is 0 Å². The van der Waals surface area contributed by atoms with Crippen LogP contribution in [-0.2, 0) is 0 Å². The van der Waals surface area contributed by atoms with Gasteiger partial charge in [0.1, 0.15) is 17.2 Å². The Bertz CT molecular complexity index is 1190. The lowest BCUT2D eigenvalue weighted by atomic mass is 10.2. The number of nitriles is 1. The van der Waals surface area contributed by atoms with Crippen molar-refractivity contribution in [1.82, 2.24) is 24.4 Å². The average molecular weight is 447 g/mol. The van der Waals surface area contributed by atoms with Gasteiger partial charge in [0.2, 0.25) is 5.95 Å². The van der Waals surface area contributed by atoms with Crippen molar-refractivity contribution in [2.45, 2.75) is 31.7 Å². The van der Waals surface area contributed by atoms with Crippen LogP contribution in [0.2, 0.25) is 0 Å². The van der Waals surface area contributed by atoms with Crippen molar-refractivity contribution in [2.24, 2.45) is 0 Å². The van der Waals surface area contributed by atoms with E-state index in [2.05, 4.69) is 36.1 Å². The van der Waals surface area contributed by atoms with Crippen molar-refractivity contribution >= 4 is 34.5 Å². The van der Waals surface area contributed by atoms with Gasteiger partial charge in [-0.05, 0) is 31.0 Å². The Hall–Kier alpha value is -3.71. The molecule has 2 N–H and O–H groups in total. The Morgan fingerprint density at radius 1 is 1.15 bits per heavy atom. The number of fused-ring (bicyclic) bond motifs is 1. The van der Waals surface area contributed by atoms with Crippen molar-refractivity contribution in [1.29, 1.82) is 5.26 Å². The fourth-order valence-electron chi connectivity index (χ4n) is 4.79. The van der Waals surface area contributed by atoms with Crippen LogP contribution in [-0.4, -0.2) is 68.2 Å². The maximum absolute atomic E-state index is 11.8. The SMILES string of the molecule is N#CCN1CCN(c2ccc(Nc3ncc4cc(C(=O)O)n(C5CCCC5)c4n3)nc2)CC1. The number of carbonyl (C=O) groups is 1. The predicted molar refractivity (Wildman–Crippen MR) is 124 cm³/mol. The second kappa shape index (κ2) is 9.03. The molecule has 10 heteroatoms. The first kappa shape index (κ1) is 21.2. The second-order valence-corrected chi connectivity index (χ2v) is 8.56.